The number of fused-ring (bicyclic) bond motifs is 2. The average Bonchev–Trinajstić information content (AvgIpc) is 3.12. The van der Waals surface area contributed by atoms with Gasteiger partial charge in [-0.15, -0.1) is 0 Å². The fourth-order valence-corrected chi connectivity index (χ4v) is 2.42. The molecule has 0 amide bonds. The summed E-state index contributed by atoms with van der Waals surface area (Å²) in [6, 6.07) is 10.1. The highest BCUT2D eigenvalue weighted by molar-refractivity contribution is 5.95. The second kappa shape index (κ2) is 4.24. The first-order valence-corrected chi connectivity index (χ1v) is 6.28. The van der Waals surface area contributed by atoms with Crippen molar-refractivity contribution in [1.29, 1.82) is 0 Å². The maximum absolute atomic E-state index is 10.9. The number of non-ortho nitro benzene ring substituents is 1. The Balaban J connectivity index is 1.90. The molecule has 21 heavy (non-hydrogen) atoms. The molecule has 0 atom stereocenters. The number of ether oxygens (including phenoxy) is 2. The lowest BCUT2D eigenvalue weighted by atomic mass is 10.0. The second-order valence-corrected chi connectivity index (χ2v) is 4.65. The van der Waals surface area contributed by atoms with Crippen molar-refractivity contribution in [3.8, 4) is 22.6 Å². The standard InChI is InChI=1S/C15H9NO5/c17-16(18)10-2-4-13-11(6-10)12(7-19-13)9-1-3-14-15(5-9)21-8-20-14/h1-7H,8H2. The van der Waals surface area contributed by atoms with Gasteiger partial charge in [-0.05, 0) is 23.8 Å². The summed E-state index contributed by atoms with van der Waals surface area (Å²) in [6.07, 6.45) is 1.59. The zero-order chi connectivity index (χ0) is 14.4. The van der Waals surface area contributed by atoms with E-state index >= 15 is 0 Å². The van der Waals surface area contributed by atoms with E-state index in [1.807, 2.05) is 18.2 Å². The van der Waals surface area contributed by atoms with Gasteiger partial charge < -0.3 is 13.9 Å². The van der Waals surface area contributed by atoms with Crippen LogP contribution < -0.4 is 9.47 Å². The van der Waals surface area contributed by atoms with Crippen molar-refractivity contribution in [3.63, 3.8) is 0 Å². The molecule has 0 bridgehead atoms. The Morgan fingerprint density at radius 3 is 2.76 bits per heavy atom. The summed E-state index contributed by atoms with van der Waals surface area (Å²) in [5, 5.41) is 11.6. The lowest BCUT2D eigenvalue weighted by Gasteiger charge is -2.01. The third-order valence-corrected chi connectivity index (χ3v) is 3.45. The Bertz CT molecular complexity index is 868. The molecule has 0 unspecified atom stereocenters. The van der Waals surface area contributed by atoms with Crippen molar-refractivity contribution in [2.75, 3.05) is 6.79 Å². The molecule has 2 heterocycles. The van der Waals surface area contributed by atoms with Crippen LogP contribution in [0.3, 0.4) is 0 Å². The van der Waals surface area contributed by atoms with E-state index in [2.05, 4.69) is 0 Å². The molecular weight excluding hydrogens is 274 g/mol. The normalized spacial score (nSPS) is 12.8. The lowest BCUT2D eigenvalue weighted by molar-refractivity contribution is -0.384. The van der Waals surface area contributed by atoms with Crippen LogP contribution in [0.5, 0.6) is 11.5 Å². The number of benzene rings is 2. The molecule has 1 aliphatic rings. The number of nitrogens with zero attached hydrogens (tertiary/aromatic N) is 1. The Morgan fingerprint density at radius 2 is 1.90 bits per heavy atom. The maximum atomic E-state index is 10.9. The van der Waals surface area contributed by atoms with E-state index in [1.165, 1.54) is 12.1 Å². The van der Waals surface area contributed by atoms with Crippen LogP contribution in [0.15, 0.2) is 47.1 Å². The molecule has 0 aliphatic carbocycles. The highest BCUT2D eigenvalue weighted by Crippen LogP contribution is 2.39. The summed E-state index contributed by atoms with van der Waals surface area (Å²) >= 11 is 0. The number of hydrogen-bond acceptors (Lipinski definition) is 5. The van der Waals surface area contributed by atoms with Gasteiger partial charge in [-0.2, -0.15) is 0 Å². The van der Waals surface area contributed by atoms with Crippen LogP contribution in [0.25, 0.3) is 22.1 Å². The summed E-state index contributed by atoms with van der Waals surface area (Å²) in [5.74, 6) is 1.35. The van der Waals surface area contributed by atoms with E-state index in [9.17, 15) is 10.1 Å². The van der Waals surface area contributed by atoms with Crippen molar-refractivity contribution >= 4 is 16.7 Å². The molecular formula is C15H9NO5. The van der Waals surface area contributed by atoms with Crippen LogP contribution >= 0.6 is 0 Å². The molecule has 2 aromatic carbocycles. The smallest absolute Gasteiger partial charge is 0.270 e. The minimum Gasteiger partial charge on any atom is -0.464 e. The van der Waals surface area contributed by atoms with Crippen molar-refractivity contribution in [2.45, 2.75) is 0 Å². The van der Waals surface area contributed by atoms with E-state index in [1.54, 1.807) is 12.3 Å². The summed E-state index contributed by atoms with van der Waals surface area (Å²) in [7, 11) is 0. The van der Waals surface area contributed by atoms with Gasteiger partial charge in [0.15, 0.2) is 11.5 Å². The first-order chi connectivity index (χ1) is 10.2. The first kappa shape index (κ1) is 11.8. The summed E-state index contributed by atoms with van der Waals surface area (Å²) in [4.78, 5) is 10.5. The van der Waals surface area contributed by atoms with Gasteiger partial charge in [-0.25, -0.2) is 0 Å². The summed E-state index contributed by atoms with van der Waals surface area (Å²) in [5.41, 5.74) is 2.28. The van der Waals surface area contributed by atoms with E-state index in [0.29, 0.717) is 22.5 Å². The number of nitro groups is 1. The topological polar surface area (TPSA) is 74.7 Å². The van der Waals surface area contributed by atoms with Crippen molar-refractivity contribution in [3.05, 3.63) is 52.8 Å². The Labute approximate surface area is 118 Å². The molecule has 104 valence electrons. The molecule has 0 saturated carbocycles. The predicted molar refractivity (Wildman–Crippen MR) is 74.4 cm³/mol. The fourth-order valence-electron chi connectivity index (χ4n) is 2.42. The molecule has 0 radical (unpaired) electrons. The van der Waals surface area contributed by atoms with Crippen LogP contribution in [0.2, 0.25) is 0 Å². The van der Waals surface area contributed by atoms with Gasteiger partial charge in [0.05, 0.1) is 11.2 Å². The SMILES string of the molecule is O=[N+]([O-])c1ccc2occ(-c3ccc4c(c3)OCO4)c2c1. The Morgan fingerprint density at radius 1 is 1.05 bits per heavy atom. The van der Waals surface area contributed by atoms with E-state index in [-0.39, 0.29) is 12.5 Å². The number of hydrogen-bond donors (Lipinski definition) is 0. The lowest BCUT2D eigenvalue weighted by Crippen LogP contribution is -1.92. The quantitative estimate of drug-likeness (QED) is 0.529. The van der Waals surface area contributed by atoms with Gasteiger partial charge in [-0.3, -0.25) is 10.1 Å². The molecule has 0 fully saturated rings. The number of furan rings is 1. The van der Waals surface area contributed by atoms with Gasteiger partial charge in [0.2, 0.25) is 6.79 Å². The summed E-state index contributed by atoms with van der Waals surface area (Å²) < 4.78 is 16.1. The average molecular weight is 283 g/mol. The maximum Gasteiger partial charge on any atom is 0.270 e. The van der Waals surface area contributed by atoms with Crippen LogP contribution in [0.4, 0.5) is 5.69 Å². The molecule has 6 nitrogen and oxygen atoms in total. The number of rotatable bonds is 2. The minimum atomic E-state index is -0.421. The molecule has 1 aliphatic heterocycles. The third kappa shape index (κ3) is 1.80. The van der Waals surface area contributed by atoms with Gasteiger partial charge in [-0.1, -0.05) is 6.07 Å². The van der Waals surface area contributed by atoms with Gasteiger partial charge in [0.1, 0.15) is 5.58 Å². The highest BCUT2D eigenvalue weighted by Gasteiger charge is 2.17. The van der Waals surface area contributed by atoms with Gasteiger partial charge in [0.25, 0.3) is 5.69 Å². The van der Waals surface area contributed by atoms with Gasteiger partial charge in [0, 0.05) is 23.1 Å². The van der Waals surface area contributed by atoms with Crippen molar-refractivity contribution in [2.24, 2.45) is 0 Å². The van der Waals surface area contributed by atoms with Crippen LogP contribution in [0.1, 0.15) is 0 Å². The van der Waals surface area contributed by atoms with Gasteiger partial charge >= 0.3 is 0 Å². The molecule has 0 saturated heterocycles. The zero-order valence-electron chi connectivity index (χ0n) is 10.7. The number of nitro benzene ring substituents is 1. The van der Waals surface area contributed by atoms with Crippen LogP contribution in [-0.4, -0.2) is 11.7 Å². The molecule has 6 heteroatoms. The molecule has 0 spiro atoms. The predicted octanol–water partition coefficient (Wildman–Crippen LogP) is 3.74. The fraction of sp³-hybridized carbons (Fsp3) is 0.0667. The monoisotopic (exact) mass is 283 g/mol. The first-order valence-electron chi connectivity index (χ1n) is 6.28. The second-order valence-electron chi connectivity index (χ2n) is 4.65. The Hall–Kier alpha value is -3.02. The van der Waals surface area contributed by atoms with Crippen molar-refractivity contribution < 1.29 is 18.8 Å². The largest absolute Gasteiger partial charge is 0.464 e. The van der Waals surface area contributed by atoms with E-state index in [0.717, 1.165) is 11.1 Å². The molecule has 3 aromatic rings. The molecule has 0 N–H and O–H groups in total. The molecule has 1 aromatic heterocycles. The summed E-state index contributed by atoms with van der Waals surface area (Å²) in [6.45, 7) is 0.205. The van der Waals surface area contributed by atoms with Crippen LogP contribution in [-0.2, 0) is 0 Å². The molecule has 4 rings (SSSR count). The van der Waals surface area contributed by atoms with Crippen molar-refractivity contribution in [1.82, 2.24) is 0 Å². The van der Waals surface area contributed by atoms with E-state index < -0.39 is 4.92 Å². The zero-order valence-corrected chi connectivity index (χ0v) is 10.7. The minimum absolute atomic E-state index is 0.0332. The highest BCUT2D eigenvalue weighted by atomic mass is 16.7. The van der Waals surface area contributed by atoms with E-state index in [4.69, 9.17) is 13.9 Å². The van der Waals surface area contributed by atoms with Crippen LogP contribution in [0, 0.1) is 10.1 Å². The third-order valence-electron chi connectivity index (χ3n) is 3.45. The Kier molecular flexibility index (Phi) is 2.38.